The first-order chi connectivity index (χ1) is 11.3. The molecule has 7 heteroatoms. The number of aromatic carboxylic acids is 1. The molecule has 0 aliphatic carbocycles. The molecule has 0 fully saturated rings. The molecule has 0 aliphatic rings. The van der Waals surface area contributed by atoms with Gasteiger partial charge in [-0.3, -0.25) is 0 Å². The van der Waals surface area contributed by atoms with Crippen molar-refractivity contribution in [3.63, 3.8) is 0 Å². The monoisotopic (exact) mass is 349 g/mol. The van der Waals surface area contributed by atoms with Crippen molar-refractivity contribution in [1.82, 2.24) is 4.72 Å². The summed E-state index contributed by atoms with van der Waals surface area (Å²) in [6.07, 6.45) is 0.289. The Bertz CT molecular complexity index is 846. The Kier molecular flexibility index (Phi) is 5.58. The molecule has 0 aliphatic heterocycles. The van der Waals surface area contributed by atoms with Crippen LogP contribution in [0.15, 0.2) is 47.4 Å². The van der Waals surface area contributed by atoms with Crippen LogP contribution >= 0.6 is 0 Å². The fourth-order valence-corrected chi connectivity index (χ4v) is 3.49. The lowest BCUT2D eigenvalue weighted by atomic mass is 10.1. The molecule has 0 saturated carbocycles. The van der Waals surface area contributed by atoms with Crippen molar-refractivity contribution in [2.24, 2.45) is 0 Å². The molecular weight excluding hydrogens is 330 g/mol. The van der Waals surface area contributed by atoms with Crippen LogP contribution in [-0.4, -0.2) is 33.1 Å². The van der Waals surface area contributed by atoms with Gasteiger partial charge in [-0.15, -0.1) is 0 Å². The van der Waals surface area contributed by atoms with E-state index in [1.165, 1.54) is 25.3 Å². The molecular formula is C17H19NO5S. The summed E-state index contributed by atoms with van der Waals surface area (Å²) in [6, 6.07) is 11.1. The molecule has 0 spiro atoms. The fraction of sp³-hybridized carbons (Fsp3) is 0.235. The van der Waals surface area contributed by atoms with Gasteiger partial charge in [-0.1, -0.05) is 18.2 Å². The summed E-state index contributed by atoms with van der Waals surface area (Å²) in [5, 5.41) is 9.13. The van der Waals surface area contributed by atoms with Crippen LogP contribution in [0.2, 0.25) is 0 Å². The number of carboxylic acids is 1. The van der Waals surface area contributed by atoms with Crippen LogP contribution in [0.25, 0.3) is 0 Å². The Labute approximate surface area is 141 Å². The van der Waals surface area contributed by atoms with E-state index in [0.29, 0.717) is 11.3 Å². The number of ether oxygens (including phenoxy) is 1. The van der Waals surface area contributed by atoms with Gasteiger partial charge in [0.05, 0.1) is 17.6 Å². The molecule has 0 bridgehead atoms. The molecule has 128 valence electrons. The molecule has 2 N–H and O–H groups in total. The minimum atomic E-state index is -3.66. The van der Waals surface area contributed by atoms with Crippen LogP contribution in [0.5, 0.6) is 5.75 Å². The standard InChI is InChI=1S/C17H19NO5S/c1-12-11-14(7-8-16(12)23-2)24(21,22)18-10-9-13-5-3-4-6-15(13)17(19)20/h3-8,11,18H,9-10H2,1-2H3,(H,19,20). The molecule has 0 amide bonds. The van der Waals surface area contributed by atoms with Gasteiger partial charge in [-0.05, 0) is 48.7 Å². The molecule has 0 aromatic heterocycles. The molecule has 0 atom stereocenters. The molecule has 0 unspecified atom stereocenters. The lowest BCUT2D eigenvalue weighted by Crippen LogP contribution is -2.26. The highest BCUT2D eigenvalue weighted by atomic mass is 32.2. The maximum atomic E-state index is 12.3. The van der Waals surface area contributed by atoms with Gasteiger partial charge in [0.2, 0.25) is 10.0 Å². The van der Waals surface area contributed by atoms with Crippen molar-refractivity contribution in [3.8, 4) is 5.75 Å². The first-order valence-electron chi connectivity index (χ1n) is 7.30. The normalized spacial score (nSPS) is 11.2. The summed E-state index contributed by atoms with van der Waals surface area (Å²) in [5.41, 5.74) is 1.48. The maximum absolute atomic E-state index is 12.3. The van der Waals surface area contributed by atoms with Crippen LogP contribution in [0, 0.1) is 6.92 Å². The van der Waals surface area contributed by atoms with Gasteiger partial charge in [0, 0.05) is 6.54 Å². The number of sulfonamides is 1. The second-order valence-corrected chi connectivity index (χ2v) is 7.01. The quantitative estimate of drug-likeness (QED) is 0.799. The van der Waals surface area contributed by atoms with Crippen LogP contribution in [0.4, 0.5) is 0 Å². The summed E-state index contributed by atoms with van der Waals surface area (Å²) < 4.78 is 32.3. The lowest BCUT2D eigenvalue weighted by Gasteiger charge is -2.10. The Morgan fingerprint density at radius 2 is 1.92 bits per heavy atom. The first kappa shape index (κ1) is 18.0. The van der Waals surface area contributed by atoms with Gasteiger partial charge in [0.25, 0.3) is 0 Å². The van der Waals surface area contributed by atoms with Crippen LogP contribution in [-0.2, 0) is 16.4 Å². The third kappa shape index (κ3) is 4.12. The van der Waals surface area contributed by atoms with Crippen molar-refractivity contribution in [3.05, 3.63) is 59.2 Å². The lowest BCUT2D eigenvalue weighted by molar-refractivity contribution is 0.0695. The molecule has 6 nitrogen and oxygen atoms in total. The largest absolute Gasteiger partial charge is 0.496 e. The minimum Gasteiger partial charge on any atom is -0.496 e. The molecule has 24 heavy (non-hydrogen) atoms. The smallest absolute Gasteiger partial charge is 0.335 e. The average molecular weight is 349 g/mol. The van der Waals surface area contributed by atoms with Crippen molar-refractivity contribution < 1.29 is 23.1 Å². The first-order valence-corrected chi connectivity index (χ1v) is 8.79. The number of hydrogen-bond donors (Lipinski definition) is 2. The number of rotatable bonds is 7. The van der Waals surface area contributed by atoms with E-state index >= 15 is 0 Å². The predicted octanol–water partition coefficient (Wildman–Crippen LogP) is 2.22. The minimum absolute atomic E-state index is 0.109. The summed E-state index contributed by atoms with van der Waals surface area (Å²) in [7, 11) is -2.14. The van der Waals surface area contributed by atoms with E-state index in [4.69, 9.17) is 9.84 Å². The Balaban J connectivity index is 2.09. The number of carboxylic acid groups (broad SMARTS) is 1. The van der Waals surface area contributed by atoms with E-state index in [1.807, 2.05) is 0 Å². The zero-order valence-corrected chi connectivity index (χ0v) is 14.3. The number of carbonyl (C=O) groups is 1. The van der Waals surface area contributed by atoms with Gasteiger partial charge >= 0.3 is 5.97 Å². The molecule has 2 aromatic rings. The highest BCUT2D eigenvalue weighted by molar-refractivity contribution is 7.89. The Morgan fingerprint density at radius 3 is 2.54 bits per heavy atom. The van der Waals surface area contributed by atoms with E-state index in [2.05, 4.69) is 4.72 Å². The number of aryl methyl sites for hydroxylation is 1. The molecule has 0 radical (unpaired) electrons. The van der Waals surface area contributed by atoms with Crippen LogP contribution < -0.4 is 9.46 Å². The molecule has 0 heterocycles. The van der Waals surface area contributed by atoms with Gasteiger partial charge in [0.1, 0.15) is 5.75 Å². The van der Waals surface area contributed by atoms with Crippen molar-refractivity contribution in [2.45, 2.75) is 18.2 Å². The van der Waals surface area contributed by atoms with Gasteiger partial charge < -0.3 is 9.84 Å². The van der Waals surface area contributed by atoms with Crippen LogP contribution in [0.3, 0.4) is 0 Å². The summed E-state index contributed by atoms with van der Waals surface area (Å²) in [4.78, 5) is 11.3. The highest BCUT2D eigenvalue weighted by Crippen LogP contribution is 2.21. The van der Waals surface area contributed by atoms with Gasteiger partial charge in [-0.25, -0.2) is 17.9 Å². The van der Waals surface area contributed by atoms with E-state index in [1.54, 1.807) is 31.2 Å². The average Bonchev–Trinajstić information content (AvgIpc) is 2.55. The van der Waals surface area contributed by atoms with E-state index < -0.39 is 16.0 Å². The maximum Gasteiger partial charge on any atom is 0.335 e. The number of nitrogens with one attached hydrogen (secondary N) is 1. The van der Waals surface area contributed by atoms with Crippen molar-refractivity contribution >= 4 is 16.0 Å². The second-order valence-electron chi connectivity index (χ2n) is 5.24. The third-order valence-corrected chi connectivity index (χ3v) is 5.07. The topological polar surface area (TPSA) is 92.7 Å². The zero-order valence-electron chi connectivity index (χ0n) is 13.4. The van der Waals surface area contributed by atoms with E-state index in [-0.39, 0.29) is 23.4 Å². The summed E-state index contributed by atoms with van der Waals surface area (Å²) in [6.45, 7) is 1.87. The molecule has 0 saturated heterocycles. The zero-order chi connectivity index (χ0) is 17.7. The number of hydrogen-bond acceptors (Lipinski definition) is 4. The number of benzene rings is 2. The highest BCUT2D eigenvalue weighted by Gasteiger charge is 2.16. The molecule has 2 rings (SSSR count). The Morgan fingerprint density at radius 1 is 1.21 bits per heavy atom. The molecule has 2 aromatic carbocycles. The van der Waals surface area contributed by atoms with Crippen LogP contribution in [0.1, 0.15) is 21.5 Å². The van der Waals surface area contributed by atoms with Gasteiger partial charge in [0.15, 0.2) is 0 Å². The second kappa shape index (κ2) is 7.46. The predicted molar refractivity (Wildman–Crippen MR) is 90.0 cm³/mol. The van der Waals surface area contributed by atoms with E-state index in [0.717, 1.165) is 5.56 Å². The van der Waals surface area contributed by atoms with E-state index in [9.17, 15) is 13.2 Å². The Hall–Kier alpha value is -2.38. The summed E-state index contributed by atoms with van der Waals surface area (Å²) in [5.74, 6) is -0.413. The van der Waals surface area contributed by atoms with Crippen molar-refractivity contribution in [2.75, 3.05) is 13.7 Å². The summed E-state index contributed by atoms with van der Waals surface area (Å²) >= 11 is 0. The number of methoxy groups -OCH3 is 1. The SMILES string of the molecule is COc1ccc(S(=O)(=O)NCCc2ccccc2C(=O)O)cc1C. The fourth-order valence-electron chi connectivity index (χ4n) is 2.37. The third-order valence-electron chi connectivity index (χ3n) is 3.61. The van der Waals surface area contributed by atoms with Gasteiger partial charge in [-0.2, -0.15) is 0 Å². The van der Waals surface area contributed by atoms with Crippen molar-refractivity contribution in [1.29, 1.82) is 0 Å².